The number of nitrogens with zero attached hydrogens (tertiary/aromatic N) is 3. The minimum absolute atomic E-state index is 0.00766. The highest BCUT2D eigenvalue weighted by molar-refractivity contribution is 5.67. The van der Waals surface area contributed by atoms with Crippen molar-refractivity contribution >= 4 is 6.09 Å². The van der Waals surface area contributed by atoms with Crippen LogP contribution in [0.5, 0.6) is 5.88 Å². The van der Waals surface area contributed by atoms with Gasteiger partial charge in [-0.1, -0.05) is 20.8 Å². The van der Waals surface area contributed by atoms with E-state index in [1.165, 1.54) is 0 Å². The van der Waals surface area contributed by atoms with E-state index in [1.54, 1.807) is 11.9 Å². The first-order chi connectivity index (χ1) is 10.5. The van der Waals surface area contributed by atoms with Gasteiger partial charge < -0.3 is 14.4 Å². The summed E-state index contributed by atoms with van der Waals surface area (Å²) in [5.74, 6) is 1.06. The lowest BCUT2D eigenvalue weighted by molar-refractivity contribution is 0.0233. The van der Waals surface area contributed by atoms with Gasteiger partial charge in [0.05, 0.1) is 19.3 Å². The van der Waals surface area contributed by atoms with E-state index in [2.05, 4.69) is 25.9 Å². The van der Waals surface area contributed by atoms with Crippen molar-refractivity contribution in [3.05, 3.63) is 11.8 Å². The van der Waals surface area contributed by atoms with Crippen LogP contribution in [0.2, 0.25) is 0 Å². The number of hydrogen-bond donors (Lipinski definition) is 0. The zero-order chi connectivity index (χ0) is 17.4. The third-order valence-electron chi connectivity index (χ3n) is 3.72. The SMILES string of the molecule is CN(CC1COc2c(C(C)(C)C)cnn2C1)C(=O)OC(C)(C)C. The Bertz CT molecular complexity index is 567. The molecule has 0 aliphatic carbocycles. The van der Waals surface area contributed by atoms with Gasteiger partial charge in [-0.05, 0) is 26.2 Å². The summed E-state index contributed by atoms with van der Waals surface area (Å²) >= 11 is 0. The summed E-state index contributed by atoms with van der Waals surface area (Å²) in [7, 11) is 1.76. The molecule has 1 aliphatic rings. The second-order valence-electron chi connectivity index (χ2n) is 8.33. The van der Waals surface area contributed by atoms with Gasteiger partial charge in [0.25, 0.3) is 0 Å². The molecule has 1 atom stereocenters. The summed E-state index contributed by atoms with van der Waals surface area (Å²) in [6.45, 7) is 14.0. The molecule has 6 nitrogen and oxygen atoms in total. The molecular formula is C17H29N3O3. The highest BCUT2D eigenvalue weighted by atomic mass is 16.6. The largest absolute Gasteiger partial charge is 0.477 e. The molecule has 1 unspecified atom stereocenters. The molecular weight excluding hydrogens is 294 g/mol. The highest BCUT2D eigenvalue weighted by Gasteiger charge is 2.30. The fraction of sp³-hybridized carbons (Fsp3) is 0.765. The van der Waals surface area contributed by atoms with Crippen LogP contribution in [0.15, 0.2) is 6.20 Å². The van der Waals surface area contributed by atoms with E-state index < -0.39 is 5.60 Å². The Morgan fingerprint density at radius 1 is 1.39 bits per heavy atom. The number of ether oxygens (including phenoxy) is 2. The predicted octanol–water partition coefficient (Wildman–Crippen LogP) is 3.06. The molecule has 2 heterocycles. The van der Waals surface area contributed by atoms with Crippen LogP contribution in [0.1, 0.15) is 47.1 Å². The minimum Gasteiger partial charge on any atom is -0.477 e. The van der Waals surface area contributed by atoms with Crippen molar-refractivity contribution in [2.24, 2.45) is 5.92 Å². The summed E-state index contributed by atoms with van der Waals surface area (Å²) in [6.07, 6.45) is 1.58. The molecule has 6 heteroatoms. The smallest absolute Gasteiger partial charge is 0.410 e. The van der Waals surface area contributed by atoms with E-state index in [1.807, 2.05) is 31.6 Å². The number of aromatic nitrogens is 2. The monoisotopic (exact) mass is 323 g/mol. The van der Waals surface area contributed by atoms with Gasteiger partial charge in [0.2, 0.25) is 5.88 Å². The normalized spacial score (nSPS) is 18.1. The summed E-state index contributed by atoms with van der Waals surface area (Å²) in [4.78, 5) is 13.7. The van der Waals surface area contributed by atoms with E-state index in [-0.39, 0.29) is 17.4 Å². The van der Waals surface area contributed by atoms with Gasteiger partial charge in [-0.2, -0.15) is 5.10 Å². The fourth-order valence-electron chi connectivity index (χ4n) is 2.58. The molecule has 1 aromatic heterocycles. The van der Waals surface area contributed by atoms with E-state index >= 15 is 0 Å². The lowest BCUT2D eigenvalue weighted by atomic mass is 9.89. The summed E-state index contributed by atoms with van der Waals surface area (Å²) in [5, 5.41) is 4.44. The van der Waals surface area contributed by atoms with Crippen molar-refractivity contribution in [3.8, 4) is 5.88 Å². The quantitative estimate of drug-likeness (QED) is 0.839. The van der Waals surface area contributed by atoms with Gasteiger partial charge >= 0.3 is 6.09 Å². The maximum atomic E-state index is 12.1. The van der Waals surface area contributed by atoms with E-state index in [9.17, 15) is 4.79 Å². The maximum absolute atomic E-state index is 12.1. The Morgan fingerprint density at radius 3 is 2.61 bits per heavy atom. The van der Waals surface area contributed by atoms with Crippen molar-refractivity contribution < 1.29 is 14.3 Å². The molecule has 0 saturated carbocycles. The van der Waals surface area contributed by atoms with Crippen LogP contribution in [-0.4, -0.2) is 46.6 Å². The summed E-state index contributed by atoms with van der Waals surface area (Å²) < 4.78 is 13.2. The van der Waals surface area contributed by atoms with Gasteiger partial charge in [-0.15, -0.1) is 0 Å². The van der Waals surface area contributed by atoms with Crippen molar-refractivity contribution in [2.75, 3.05) is 20.2 Å². The molecule has 0 spiro atoms. The van der Waals surface area contributed by atoms with Gasteiger partial charge in [0.15, 0.2) is 0 Å². The van der Waals surface area contributed by atoms with Crippen LogP contribution in [0.3, 0.4) is 0 Å². The molecule has 1 aliphatic heterocycles. The van der Waals surface area contributed by atoms with Gasteiger partial charge in [-0.25, -0.2) is 9.48 Å². The van der Waals surface area contributed by atoms with Crippen molar-refractivity contribution in [1.82, 2.24) is 14.7 Å². The summed E-state index contributed by atoms with van der Waals surface area (Å²) in [5.41, 5.74) is 0.648. The molecule has 0 saturated heterocycles. The Morgan fingerprint density at radius 2 is 2.04 bits per heavy atom. The Balaban J connectivity index is 1.98. The third-order valence-corrected chi connectivity index (χ3v) is 3.72. The molecule has 0 N–H and O–H groups in total. The standard InChI is InChI=1S/C17H29N3O3/c1-16(2,3)13-8-18-20-10-12(11-22-14(13)20)9-19(7)15(21)23-17(4,5)6/h8,12H,9-11H2,1-7H3. The molecule has 23 heavy (non-hydrogen) atoms. The van der Waals surface area contributed by atoms with E-state index in [0.717, 1.165) is 18.0 Å². The van der Waals surface area contributed by atoms with Crippen molar-refractivity contribution in [3.63, 3.8) is 0 Å². The number of amides is 1. The number of hydrogen-bond acceptors (Lipinski definition) is 4. The molecule has 2 rings (SSSR count). The topological polar surface area (TPSA) is 56.6 Å². The Hall–Kier alpha value is -1.72. The average Bonchev–Trinajstić information content (AvgIpc) is 2.79. The Labute approximate surface area is 138 Å². The first-order valence-electron chi connectivity index (χ1n) is 8.10. The lowest BCUT2D eigenvalue weighted by Crippen LogP contribution is -2.40. The van der Waals surface area contributed by atoms with E-state index in [4.69, 9.17) is 9.47 Å². The second kappa shape index (κ2) is 6.06. The van der Waals surface area contributed by atoms with Gasteiger partial charge in [-0.3, -0.25) is 0 Å². The first-order valence-corrected chi connectivity index (χ1v) is 8.10. The number of fused-ring (bicyclic) bond motifs is 1. The minimum atomic E-state index is -0.481. The van der Waals surface area contributed by atoms with Crippen LogP contribution in [0.4, 0.5) is 4.79 Å². The predicted molar refractivity (Wildman–Crippen MR) is 88.8 cm³/mol. The van der Waals surface area contributed by atoms with Crippen molar-refractivity contribution in [2.45, 2.75) is 59.1 Å². The number of carbonyl (C=O) groups excluding carboxylic acids is 1. The highest BCUT2D eigenvalue weighted by Crippen LogP contribution is 2.33. The molecule has 0 aromatic carbocycles. The Kier molecular flexibility index (Phi) is 4.64. The zero-order valence-electron chi connectivity index (χ0n) is 15.3. The first kappa shape index (κ1) is 17.6. The van der Waals surface area contributed by atoms with Gasteiger partial charge in [0, 0.05) is 25.1 Å². The third kappa shape index (κ3) is 4.39. The van der Waals surface area contributed by atoms with E-state index in [0.29, 0.717) is 13.2 Å². The number of carbonyl (C=O) groups is 1. The summed E-state index contributed by atoms with van der Waals surface area (Å²) in [6, 6.07) is 0. The van der Waals surface area contributed by atoms with Crippen LogP contribution >= 0.6 is 0 Å². The van der Waals surface area contributed by atoms with Crippen LogP contribution in [0.25, 0.3) is 0 Å². The van der Waals surface area contributed by atoms with Crippen molar-refractivity contribution in [1.29, 1.82) is 0 Å². The van der Waals surface area contributed by atoms with Crippen LogP contribution < -0.4 is 4.74 Å². The average molecular weight is 323 g/mol. The lowest BCUT2D eigenvalue weighted by Gasteiger charge is -2.30. The number of rotatable bonds is 2. The maximum Gasteiger partial charge on any atom is 0.410 e. The molecule has 0 fully saturated rings. The molecule has 1 aromatic rings. The molecule has 1 amide bonds. The molecule has 0 bridgehead atoms. The van der Waals surface area contributed by atoms with Crippen LogP contribution in [-0.2, 0) is 16.7 Å². The molecule has 0 radical (unpaired) electrons. The molecule has 130 valence electrons. The second-order valence-corrected chi connectivity index (χ2v) is 8.33. The fourth-order valence-corrected chi connectivity index (χ4v) is 2.58. The van der Waals surface area contributed by atoms with Gasteiger partial charge in [0.1, 0.15) is 5.60 Å². The zero-order valence-corrected chi connectivity index (χ0v) is 15.3. The van der Waals surface area contributed by atoms with Crippen LogP contribution in [0, 0.1) is 5.92 Å².